The Bertz CT molecular complexity index is 3480. The van der Waals surface area contributed by atoms with Gasteiger partial charge >= 0.3 is 0 Å². The molecule has 0 N–H and O–H groups in total. The maximum absolute atomic E-state index is 2.49. The number of aromatic nitrogens is 1. The van der Waals surface area contributed by atoms with Crippen LogP contribution in [0.3, 0.4) is 0 Å². The molecule has 10 aromatic carbocycles. The quantitative estimate of drug-likeness (QED) is 0.153. The molecule has 0 spiro atoms. The van der Waals surface area contributed by atoms with Crippen molar-refractivity contribution in [2.75, 3.05) is 4.90 Å². The highest BCUT2D eigenvalue weighted by Gasteiger charge is 2.36. The maximum atomic E-state index is 2.49. The standard InChI is InChI=1S/C59H42N2/c1-59(2)53-23-13-11-21-48(53)49-33-31-45(38-54(49)59)60(44-29-25-40(26-30-44)39-15-5-3-6-16-39)57-36-34-46(51-32-27-41-17-9-10-20-47(41)58(51)57)42-28-35-56-52(37-42)50-22-12-14-24-55(50)61(56)43-18-7-4-8-19-43/h3-38H,1-2H3. The van der Waals surface area contributed by atoms with Gasteiger partial charge in [0.15, 0.2) is 0 Å². The fourth-order valence-electron chi connectivity index (χ4n) is 10.2. The largest absolute Gasteiger partial charge is 0.310 e. The van der Waals surface area contributed by atoms with E-state index in [9.17, 15) is 0 Å². The summed E-state index contributed by atoms with van der Waals surface area (Å²) >= 11 is 0. The summed E-state index contributed by atoms with van der Waals surface area (Å²) < 4.78 is 2.39. The molecule has 11 aromatic rings. The van der Waals surface area contributed by atoms with Crippen LogP contribution in [0, 0.1) is 0 Å². The predicted octanol–water partition coefficient (Wildman–Crippen LogP) is 16.2. The minimum Gasteiger partial charge on any atom is -0.310 e. The number of fused-ring (bicyclic) bond motifs is 9. The van der Waals surface area contributed by atoms with Gasteiger partial charge in [-0.2, -0.15) is 0 Å². The molecule has 288 valence electrons. The number of hydrogen-bond acceptors (Lipinski definition) is 1. The average molecular weight is 779 g/mol. The van der Waals surface area contributed by atoms with Crippen LogP contribution >= 0.6 is 0 Å². The first-order valence-corrected chi connectivity index (χ1v) is 21.3. The summed E-state index contributed by atoms with van der Waals surface area (Å²) in [4.78, 5) is 2.49. The van der Waals surface area contributed by atoms with Crippen molar-refractivity contribution in [1.29, 1.82) is 0 Å². The van der Waals surface area contributed by atoms with Crippen LogP contribution in [0.5, 0.6) is 0 Å². The van der Waals surface area contributed by atoms with Crippen molar-refractivity contribution in [3.8, 4) is 39.1 Å². The molecule has 2 nitrogen and oxygen atoms in total. The van der Waals surface area contributed by atoms with Crippen LogP contribution in [0.2, 0.25) is 0 Å². The summed E-state index contributed by atoms with van der Waals surface area (Å²) in [5, 5.41) is 7.41. The third-order valence-electron chi connectivity index (χ3n) is 13.2. The molecular formula is C59H42N2. The minimum absolute atomic E-state index is 0.133. The van der Waals surface area contributed by atoms with Crippen LogP contribution < -0.4 is 4.90 Å². The van der Waals surface area contributed by atoms with Crippen LogP contribution in [0.25, 0.3) is 82.4 Å². The van der Waals surface area contributed by atoms with Crippen LogP contribution in [-0.4, -0.2) is 4.57 Å². The van der Waals surface area contributed by atoms with Gasteiger partial charge < -0.3 is 9.47 Å². The van der Waals surface area contributed by atoms with Gasteiger partial charge in [-0.05, 0) is 121 Å². The summed E-state index contributed by atoms with van der Waals surface area (Å²) in [7, 11) is 0. The second-order valence-corrected chi connectivity index (χ2v) is 16.9. The summed E-state index contributed by atoms with van der Waals surface area (Å²) in [6.07, 6.45) is 0. The highest BCUT2D eigenvalue weighted by molar-refractivity contribution is 6.20. The van der Waals surface area contributed by atoms with Crippen molar-refractivity contribution in [3.63, 3.8) is 0 Å². The molecule has 0 bridgehead atoms. The van der Waals surface area contributed by atoms with Gasteiger partial charge in [0.05, 0.1) is 16.7 Å². The van der Waals surface area contributed by atoms with Gasteiger partial charge in [-0.3, -0.25) is 0 Å². The number of anilines is 3. The Morgan fingerprint density at radius 3 is 1.84 bits per heavy atom. The Kier molecular flexibility index (Phi) is 7.92. The van der Waals surface area contributed by atoms with E-state index in [0.717, 1.165) is 17.1 Å². The highest BCUT2D eigenvalue weighted by Crippen LogP contribution is 2.52. The molecule has 1 aliphatic carbocycles. The van der Waals surface area contributed by atoms with E-state index in [0.29, 0.717) is 0 Å². The zero-order chi connectivity index (χ0) is 40.7. The van der Waals surface area contributed by atoms with E-state index in [-0.39, 0.29) is 5.41 Å². The smallest absolute Gasteiger partial charge is 0.0546 e. The maximum Gasteiger partial charge on any atom is 0.0546 e. The Balaban J connectivity index is 1.10. The normalized spacial score (nSPS) is 12.9. The molecule has 0 saturated heterocycles. The van der Waals surface area contributed by atoms with Crippen LogP contribution in [0.1, 0.15) is 25.0 Å². The number of benzene rings is 10. The molecule has 2 heteroatoms. The molecule has 0 unspecified atom stereocenters. The fourth-order valence-corrected chi connectivity index (χ4v) is 10.2. The molecule has 0 fully saturated rings. The molecule has 0 aliphatic heterocycles. The first kappa shape index (κ1) is 35.3. The fraction of sp³-hybridized carbons (Fsp3) is 0.0508. The van der Waals surface area contributed by atoms with E-state index in [1.807, 2.05) is 0 Å². The Labute approximate surface area is 356 Å². The Hall–Kier alpha value is -7.68. The minimum atomic E-state index is -0.133. The monoisotopic (exact) mass is 778 g/mol. The van der Waals surface area contributed by atoms with E-state index in [4.69, 9.17) is 0 Å². The zero-order valence-corrected chi connectivity index (χ0v) is 34.2. The van der Waals surface area contributed by atoms with Crippen molar-refractivity contribution in [2.45, 2.75) is 19.3 Å². The summed E-state index contributed by atoms with van der Waals surface area (Å²) in [6.45, 7) is 4.73. The highest BCUT2D eigenvalue weighted by atomic mass is 15.1. The topological polar surface area (TPSA) is 8.17 Å². The average Bonchev–Trinajstić information content (AvgIpc) is 3.77. The molecule has 12 rings (SSSR count). The molecule has 1 aromatic heterocycles. The van der Waals surface area contributed by atoms with E-state index in [1.165, 1.54) is 93.5 Å². The lowest BCUT2D eigenvalue weighted by molar-refractivity contribution is 0.660. The lowest BCUT2D eigenvalue weighted by Crippen LogP contribution is -2.16. The lowest BCUT2D eigenvalue weighted by atomic mass is 9.82. The van der Waals surface area contributed by atoms with Crippen LogP contribution in [-0.2, 0) is 5.41 Å². The van der Waals surface area contributed by atoms with E-state index in [1.54, 1.807) is 0 Å². The summed E-state index contributed by atoms with van der Waals surface area (Å²) in [6, 6.07) is 80.5. The Morgan fingerprint density at radius 1 is 0.377 bits per heavy atom. The number of nitrogens with zero attached hydrogens (tertiary/aromatic N) is 2. The van der Waals surface area contributed by atoms with Crippen molar-refractivity contribution in [3.05, 3.63) is 230 Å². The Morgan fingerprint density at radius 2 is 1.00 bits per heavy atom. The second-order valence-electron chi connectivity index (χ2n) is 16.9. The van der Waals surface area contributed by atoms with Gasteiger partial charge in [0.1, 0.15) is 0 Å². The van der Waals surface area contributed by atoms with Gasteiger partial charge in [-0.15, -0.1) is 0 Å². The second kappa shape index (κ2) is 13.7. The third kappa shape index (κ3) is 5.49. The third-order valence-corrected chi connectivity index (χ3v) is 13.2. The van der Waals surface area contributed by atoms with Gasteiger partial charge in [-0.1, -0.05) is 172 Å². The molecule has 61 heavy (non-hydrogen) atoms. The van der Waals surface area contributed by atoms with Crippen molar-refractivity contribution in [2.24, 2.45) is 0 Å². The SMILES string of the molecule is CC1(C)c2ccccc2-c2ccc(N(c3ccc(-c4ccccc4)cc3)c3ccc(-c4ccc5c(c4)c4ccccc4n5-c4ccccc4)c4ccc5ccccc5c34)cc21. The van der Waals surface area contributed by atoms with Gasteiger partial charge in [0.25, 0.3) is 0 Å². The molecule has 0 atom stereocenters. The van der Waals surface area contributed by atoms with Crippen LogP contribution in [0.4, 0.5) is 17.1 Å². The van der Waals surface area contributed by atoms with E-state index < -0.39 is 0 Å². The molecular weight excluding hydrogens is 737 g/mol. The number of para-hydroxylation sites is 2. The molecule has 1 aliphatic rings. The molecule has 1 heterocycles. The van der Waals surface area contributed by atoms with Gasteiger partial charge in [-0.25, -0.2) is 0 Å². The molecule has 0 saturated carbocycles. The van der Waals surface area contributed by atoms with Crippen molar-refractivity contribution < 1.29 is 0 Å². The predicted molar refractivity (Wildman–Crippen MR) is 259 cm³/mol. The van der Waals surface area contributed by atoms with E-state index in [2.05, 4.69) is 242 Å². The van der Waals surface area contributed by atoms with Crippen LogP contribution in [0.15, 0.2) is 218 Å². The number of rotatable bonds is 6. The summed E-state index contributed by atoms with van der Waals surface area (Å²) in [5.41, 5.74) is 17.1. The lowest BCUT2D eigenvalue weighted by Gasteiger charge is -2.30. The molecule has 0 radical (unpaired) electrons. The van der Waals surface area contributed by atoms with Crippen molar-refractivity contribution in [1.82, 2.24) is 4.57 Å². The molecule has 0 amide bonds. The zero-order valence-electron chi connectivity index (χ0n) is 34.2. The first-order chi connectivity index (χ1) is 30.0. The number of hydrogen-bond donors (Lipinski definition) is 0. The summed E-state index contributed by atoms with van der Waals surface area (Å²) in [5.74, 6) is 0. The first-order valence-electron chi connectivity index (χ1n) is 21.3. The van der Waals surface area contributed by atoms with E-state index >= 15 is 0 Å². The van der Waals surface area contributed by atoms with Crippen molar-refractivity contribution >= 4 is 60.4 Å². The van der Waals surface area contributed by atoms with Gasteiger partial charge in [0, 0.05) is 38.6 Å². The van der Waals surface area contributed by atoms with Gasteiger partial charge in [0.2, 0.25) is 0 Å².